The van der Waals surface area contributed by atoms with Crippen molar-refractivity contribution in [3.63, 3.8) is 0 Å². The number of aryl methyl sites for hydroxylation is 2. The molecule has 0 saturated heterocycles. The number of ether oxygens (including phenoxy) is 1. The van der Waals surface area contributed by atoms with Crippen molar-refractivity contribution < 1.29 is 4.74 Å². The van der Waals surface area contributed by atoms with E-state index in [0.29, 0.717) is 0 Å². The molecule has 4 rings (SSSR count). The van der Waals surface area contributed by atoms with Crippen molar-refractivity contribution in [3.8, 4) is 17.1 Å². The summed E-state index contributed by atoms with van der Waals surface area (Å²) < 4.78 is 5.97. The van der Waals surface area contributed by atoms with Gasteiger partial charge in [0, 0.05) is 24.5 Å². The third kappa shape index (κ3) is 4.57. The quantitative estimate of drug-likeness (QED) is 0.625. The summed E-state index contributed by atoms with van der Waals surface area (Å²) in [5.74, 6) is 1.78. The van der Waals surface area contributed by atoms with E-state index in [2.05, 4.69) is 64.7 Å². The fourth-order valence-electron chi connectivity index (χ4n) is 3.52. The molecule has 0 spiro atoms. The monoisotopic (exact) mass is 373 g/mol. The van der Waals surface area contributed by atoms with E-state index < -0.39 is 0 Å². The summed E-state index contributed by atoms with van der Waals surface area (Å²) >= 11 is 0. The predicted octanol–water partition coefficient (Wildman–Crippen LogP) is 4.36. The van der Waals surface area contributed by atoms with Gasteiger partial charge in [0.15, 0.2) is 5.82 Å². The molecule has 1 N–H and O–H groups in total. The van der Waals surface area contributed by atoms with Crippen LogP contribution in [-0.4, -0.2) is 23.1 Å². The van der Waals surface area contributed by atoms with Crippen LogP contribution in [0.5, 0.6) is 5.75 Å². The fraction of sp³-hybridized carbons (Fsp3) is 0.333. The zero-order valence-electron chi connectivity index (χ0n) is 16.4. The van der Waals surface area contributed by atoms with Gasteiger partial charge in [0.1, 0.15) is 5.75 Å². The highest BCUT2D eigenvalue weighted by atomic mass is 16.5. The van der Waals surface area contributed by atoms with E-state index >= 15 is 0 Å². The molecule has 1 aliphatic heterocycles. The van der Waals surface area contributed by atoms with Gasteiger partial charge in [-0.1, -0.05) is 37.3 Å². The molecule has 0 fully saturated rings. The van der Waals surface area contributed by atoms with Crippen LogP contribution in [0.4, 0.5) is 0 Å². The zero-order valence-corrected chi connectivity index (χ0v) is 16.4. The van der Waals surface area contributed by atoms with Crippen molar-refractivity contribution in [3.05, 3.63) is 77.1 Å². The van der Waals surface area contributed by atoms with Crippen molar-refractivity contribution in [1.29, 1.82) is 0 Å². The molecule has 3 aromatic rings. The average Bonchev–Trinajstić information content (AvgIpc) is 2.77. The third-order valence-corrected chi connectivity index (χ3v) is 5.27. The Balaban J connectivity index is 1.27. The number of rotatable bonds is 7. The lowest BCUT2D eigenvalue weighted by Crippen LogP contribution is -2.23. The summed E-state index contributed by atoms with van der Waals surface area (Å²) in [6.07, 6.45) is 7.87. The Morgan fingerprint density at radius 1 is 0.964 bits per heavy atom. The second-order valence-electron chi connectivity index (χ2n) is 7.27. The van der Waals surface area contributed by atoms with E-state index in [4.69, 9.17) is 4.74 Å². The number of benzene rings is 2. The van der Waals surface area contributed by atoms with Gasteiger partial charge in [-0.3, -0.25) is 0 Å². The van der Waals surface area contributed by atoms with Crippen molar-refractivity contribution >= 4 is 0 Å². The number of hydrogen-bond donors (Lipinski definition) is 1. The Morgan fingerprint density at radius 2 is 1.79 bits per heavy atom. The summed E-state index contributed by atoms with van der Waals surface area (Å²) in [7, 11) is 0. The number of nitrogens with zero attached hydrogens (tertiary/aromatic N) is 2. The first-order valence-corrected chi connectivity index (χ1v) is 10.2. The standard InChI is InChI=1S/C24H27N3O/c1-2-18-15-26-24(27-16-18)20-7-5-19(6-8-20)4-3-13-28-23-10-9-22-17-25-12-11-21(22)14-23/h5-10,14-16,25H,2-4,11-13,17H2,1H3. The molecule has 0 atom stereocenters. The zero-order chi connectivity index (χ0) is 19.2. The Bertz CT molecular complexity index is 904. The summed E-state index contributed by atoms with van der Waals surface area (Å²) in [5.41, 5.74) is 6.35. The molecule has 0 amide bonds. The van der Waals surface area contributed by atoms with Gasteiger partial charge < -0.3 is 10.1 Å². The molecule has 0 aliphatic carbocycles. The molecule has 2 heterocycles. The van der Waals surface area contributed by atoms with Gasteiger partial charge in [-0.2, -0.15) is 0 Å². The summed E-state index contributed by atoms with van der Waals surface area (Å²) in [5, 5.41) is 3.40. The Hall–Kier alpha value is -2.72. The van der Waals surface area contributed by atoms with Gasteiger partial charge in [-0.25, -0.2) is 9.97 Å². The van der Waals surface area contributed by atoms with Gasteiger partial charge >= 0.3 is 0 Å². The minimum atomic E-state index is 0.736. The van der Waals surface area contributed by atoms with Gasteiger partial charge in [0.25, 0.3) is 0 Å². The minimum absolute atomic E-state index is 0.736. The SMILES string of the molecule is CCc1cnc(-c2ccc(CCCOc3ccc4c(c3)CCNC4)cc2)nc1. The van der Waals surface area contributed by atoms with E-state index in [1.165, 1.54) is 16.7 Å². The van der Waals surface area contributed by atoms with E-state index in [1.54, 1.807) is 0 Å². The van der Waals surface area contributed by atoms with E-state index in [0.717, 1.165) is 68.1 Å². The maximum Gasteiger partial charge on any atom is 0.159 e. The lowest BCUT2D eigenvalue weighted by Gasteiger charge is -2.18. The lowest BCUT2D eigenvalue weighted by molar-refractivity contribution is 0.310. The molecule has 1 aromatic heterocycles. The molecule has 28 heavy (non-hydrogen) atoms. The first kappa shape index (κ1) is 18.6. The van der Waals surface area contributed by atoms with Crippen LogP contribution in [0.25, 0.3) is 11.4 Å². The fourth-order valence-corrected chi connectivity index (χ4v) is 3.52. The number of nitrogens with one attached hydrogen (secondary N) is 1. The average molecular weight is 374 g/mol. The molecule has 0 saturated carbocycles. The summed E-state index contributed by atoms with van der Waals surface area (Å²) in [6, 6.07) is 15.0. The number of fused-ring (bicyclic) bond motifs is 1. The predicted molar refractivity (Wildman–Crippen MR) is 113 cm³/mol. The maximum absolute atomic E-state index is 5.97. The van der Waals surface area contributed by atoms with Crippen LogP contribution in [0.2, 0.25) is 0 Å². The molecule has 4 nitrogen and oxygen atoms in total. The second-order valence-corrected chi connectivity index (χ2v) is 7.27. The molecule has 4 heteroatoms. The van der Waals surface area contributed by atoms with Crippen LogP contribution in [0.3, 0.4) is 0 Å². The highest BCUT2D eigenvalue weighted by Crippen LogP contribution is 2.21. The molecular formula is C24H27N3O. The van der Waals surface area contributed by atoms with Gasteiger partial charge in [-0.15, -0.1) is 0 Å². The summed E-state index contributed by atoms with van der Waals surface area (Å²) in [4.78, 5) is 8.91. The molecular weight excluding hydrogens is 346 g/mol. The maximum atomic E-state index is 5.97. The van der Waals surface area contributed by atoms with Crippen LogP contribution < -0.4 is 10.1 Å². The third-order valence-electron chi connectivity index (χ3n) is 5.27. The molecule has 2 aromatic carbocycles. The highest BCUT2D eigenvalue weighted by molar-refractivity contribution is 5.55. The second kappa shape index (κ2) is 8.98. The van der Waals surface area contributed by atoms with Crippen molar-refractivity contribution in [2.45, 2.75) is 39.2 Å². The molecule has 0 unspecified atom stereocenters. The van der Waals surface area contributed by atoms with E-state index in [-0.39, 0.29) is 0 Å². The molecule has 1 aliphatic rings. The number of aromatic nitrogens is 2. The highest BCUT2D eigenvalue weighted by Gasteiger charge is 2.09. The van der Waals surface area contributed by atoms with Crippen molar-refractivity contribution in [1.82, 2.24) is 15.3 Å². The van der Waals surface area contributed by atoms with E-state index in [1.807, 2.05) is 12.4 Å². The smallest absolute Gasteiger partial charge is 0.159 e. The Kier molecular flexibility index (Phi) is 5.98. The van der Waals surface area contributed by atoms with Crippen LogP contribution in [-0.2, 0) is 25.8 Å². The van der Waals surface area contributed by atoms with Gasteiger partial charge in [0.05, 0.1) is 6.61 Å². The summed E-state index contributed by atoms with van der Waals surface area (Å²) in [6.45, 7) is 4.87. The van der Waals surface area contributed by atoms with Crippen LogP contribution >= 0.6 is 0 Å². The number of hydrogen-bond acceptors (Lipinski definition) is 4. The topological polar surface area (TPSA) is 47.0 Å². The first-order chi connectivity index (χ1) is 13.8. The van der Waals surface area contributed by atoms with Crippen LogP contribution in [0.15, 0.2) is 54.9 Å². The van der Waals surface area contributed by atoms with Crippen molar-refractivity contribution in [2.75, 3.05) is 13.2 Å². The normalized spacial score (nSPS) is 13.2. The lowest BCUT2D eigenvalue weighted by atomic mass is 10.0. The largest absolute Gasteiger partial charge is 0.494 e. The Morgan fingerprint density at radius 3 is 2.57 bits per heavy atom. The van der Waals surface area contributed by atoms with Crippen molar-refractivity contribution in [2.24, 2.45) is 0 Å². The molecule has 144 valence electrons. The van der Waals surface area contributed by atoms with Gasteiger partial charge in [0.2, 0.25) is 0 Å². The molecule has 0 bridgehead atoms. The minimum Gasteiger partial charge on any atom is -0.494 e. The van der Waals surface area contributed by atoms with Gasteiger partial charge in [-0.05, 0) is 66.6 Å². The van der Waals surface area contributed by atoms with E-state index in [9.17, 15) is 0 Å². The van der Waals surface area contributed by atoms with Crippen LogP contribution in [0, 0.1) is 0 Å². The Labute approximate surface area is 167 Å². The first-order valence-electron chi connectivity index (χ1n) is 10.2. The molecule has 0 radical (unpaired) electrons. The van der Waals surface area contributed by atoms with Crippen LogP contribution in [0.1, 0.15) is 35.6 Å².